The van der Waals surface area contributed by atoms with E-state index in [1.54, 1.807) is 0 Å². The number of nitrogen functional groups attached to an aromatic ring is 1. The van der Waals surface area contributed by atoms with Gasteiger partial charge in [-0.2, -0.15) is 5.26 Å². The third-order valence-corrected chi connectivity index (χ3v) is 1.31. The average molecular weight is 154 g/mol. The minimum Gasteiger partial charge on any atom is -0.384 e. The fourth-order valence-electron chi connectivity index (χ4n) is 0.528. The standard InChI is InChI=1S/C6H4ClN3/c7-5-1-6(9)10-3-4(5)2-8/h1,3H,(H2,9,10). The van der Waals surface area contributed by atoms with Crippen LogP contribution >= 0.6 is 11.6 Å². The summed E-state index contributed by atoms with van der Waals surface area (Å²) in [7, 11) is 0. The maximum absolute atomic E-state index is 8.39. The van der Waals surface area contributed by atoms with E-state index in [4.69, 9.17) is 22.6 Å². The number of aromatic nitrogens is 1. The van der Waals surface area contributed by atoms with Gasteiger partial charge < -0.3 is 5.73 Å². The number of halogens is 1. The van der Waals surface area contributed by atoms with Crippen LogP contribution in [0.1, 0.15) is 5.56 Å². The maximum Gasteiger partial charge on any atom is 0.124 e. The highest BCUT2D eigenvalue weighted by Gasteiger charge is 1.98. The van der Waals surface area contributed by atoms with Crippen LogP contribution in [-0.4, -0.2) is 4.98 Å². The molecule has 0 saturated carbocycles. The maximum atomic E-state index is 8.39. The van der Waals surface area contributed by atoms with Crippen molar-refractivity contribution in [2.45, 2.75) is 0 Å². The van der Waals surface area contributed by atoms with Crippen molar-refractivity contribution in [2.24, 2.45) is 0 Å². The molecule has 1 aromatic rings. The Balaban J connectivity index is 3.23. The van der Waals surface area contributed by atoms with E-state index in [1.807, 2.05) is 6.07 Å². The highest BCUT2D eigenvalue weighted by molar-refractivity contribution is 6.31. The monoisotopic (exact) mass is 153 g/mol. The third kappa shape index (κ3) is 1.17. The van der Waals surface area contributed by atoms with Crippen molar-refractivity contribution in [3.05, 3.63) is 22.8 Å². The molecule has 0 amide bonds. The number of nitriles is 1. The molecule has 0 aromatic carbocycles. The average Bonchev–Trinajstić information content (AvgIpc) is 1.88. The number of nitrogens with two attached hydrogens (primary N) is 1. The lowest BCUT2D eigenvalue weighted by molar-refractivity contribution is 1.31. The summed E-state index contributed by atoms with van der Waals surface area (Å²) in [4.78, 5) is 3.68. The molecule has 50 valence electrons. The molecule has 4 heteroatoms. The van der Waals surface area contributed by atoms with E-state index in [0.29, 0.717) is 16.4 Å². The minimum absolute atomic E-state index is 0.323. The van der Waals surface area contributed by atoms with Gasteiger partial charge in [-0.05, 0) is 0 Å². The molecule has 2 N–H and O–H groups in total. The smallest absolute Gasteiger partial charge is 0.124 e. The van der Waals surface area contributed by atoms with E-state index in [0.717, 1.165) is 0 Å². The van der Waals surface area contributed by atoms with Gasteiger partial charge in [0.15, 0.2) is 0 Å². The fraction of sp³-hybridized carbons (Fsp3) is 0. The van der Waals surface area contributed by atoms with E-state index < -0.39 is 0 Å². The molecular formula is C6H4ClN3. The Bertz CT molecular complexity index is 290. The molecule has 1 rings (SSSR count). The number of hydrogen-bond acceptors (Lipinski definition) is 3. The molecule has 3 nitrogen and oxygen atoms in total. The molecule has 0 aliphatic carbocycles. The molecule has 0 spiro atoms. The van der Waals surface area contributed by atoms with E-state index in [-0.39, 0.29) is 0 Å². The second-order valence-corrected chi connectivity index (χ2v) is 2.11. The molecule has 0 aliphatic heterocycles. The number of pyridine rings is 1. The summed E-state index contributed by atoms with van der Waals surface area (Å²) in [5, 5.41) is 8.74. The predicted octanol–water partition coefficient (Wildman–Crippen LogP) is 1.19. The summed E-state index contributed by atoms with van der Waals surface area (Å²) in [5.74, 6) is 0.323. The van der Waals surface area contributed by atoms with Gasteiger partial charge in [-0.25, -0.2) is 4.98 Å². The van der Waals surface area contributed by atoms with E-state index >= 15 is 0 Å². The first-order valence-electron chi connectivity index (χ1n) is 2.55. The Morgan fingerprint density at radius 3 is 2.90 bits per heavy atom. The van der Waals surface area contributed by atoms with Gasteiger partial charge in [-0.3, -0.25) is 0 Å². The molecule has 10 heavy (non-hydrogen) atoms. The van der Waals surface area contributed by atoms with Crippen molar-refractivity contribution in [3.8, 4) is 6.07 Å². The van der Waals surface area contributed by atoms with Crippen LogP contribution in [0.15, 0.2) is 12.3 Å². The van der Waals surface area contributed by atoms with Gasteiger partial charge in [0, 0.05) is 12.3 Å². The van der Waals surface area contributed by atoms with Gasteiger partial charge in [0.2, 0.25) is 0 Å². The Morgan fingerprint density at radius 2 is 2.40 bits per heavy atom. The Hall–Kier alpha value is -1.27. The van der Waals surface area contributed by atoms with Crippen LogP contribution in [0.5, 0.6) is 0 Å². The minimum atomic E-state index is 0.323. The number of rotatable bonds is 0. The highest BCUT2D eigenvalue weighted by Crippen LogP contribution is 2.14. The zero-order valence-corrected chi connectivity index (χ0v) is 5.76. The normalized spacial score (nSPS) is 8.80. The summed E-state index contributed by atoms with van der Waals surface area (Å²) >= 11 is 5.59. The lowest BCUT2D eigenvalue weighted by atomic mass is 10.3. The van der Waals surface area contributed by atoms with Crippen molar-refractivity contribution in [2.75, 3.05) is 5.73 Å². The fourth-order valence-corrected chi connectivity index (χ4v) is 0.731. The quantitative estimate of drug-likeness (QED) is 0.609. The lowest BCUT2D eigenvalue weighted by Gasteiger charge is -1.93. The molecule has 0 bridgehead atoms. The molecule has 0 atom stereocenters. The summed E-state index contributed by atoms with van der Waals surface area (Å²) in [6.45, 7) is 0. The van der Waals surface area contributed by atoms with Crippen molar-refractivity contribution < 1.29 is 0 Å². The van der Waals surface area contributed by atoms with E-state index in [1.165, 1.54) is 12.3 Å². The third-order valence-electron chi connectivity index (χ3n) is 0.995. The zero-order valence-electron chi connectivity index (χ0n) is 5.00. The molecule has 0 fully saturated rings. The largest absolute Gasteiger partial charge is 0.384 e. The van der Waals surface area contributed by atoms with Crippen LogP contribution in [0.25, 0.3) is 0 Å². The van der Waals surface area contributed by atoms with Gasteiger partial charge in [0.25, 0.3) is 0 Å². The van der Waals surface area contributed by atoms with E-state index in [9.17, 15) is 0 Å². The molecule has 1 heterocycles. The van der Waals surface area contributed by atoms with Crippen LogP contribution in [0.4, 0.5) is 5.82 Å². The van der Waals surface area contributed by atoms with Gasteiger partial charge in [-0.15, -0.1) is 0 Å². The highest BCUT2D eigenvalue weighted by atomic mass is 35.5. The van der Waals surface area contributed by atoms with Gasteiger partial charge >= 0.3 is 0 Å². The topological polar surface area (TPSA) is 62.7 Å². The summed E-state index contributed by atoms with van der Waals surface area (Å²) in [6, 6.07) is 3.32. The van der Waals surface area contributed by atoms with Crippen molar-refractivity contribution >= 4 is 17.4 Å². The molecule has 0 saturated heterocycles. The second kappa shape index (κ2) is 2.54. The van der Waals surface area contributed by atoms with Gasteiger partial charge in [0.05, 0.1) is 10.6 Å². The number of anilines is 1. The summed E-state index contributed by atoms with van der Waals surface area (Å²) in [5.41, 5.74) is 5.62. The first-order valence-corrected chi connectivity index (χ1v) is 2.93. The summed E-state index contributed by atoms with van der Waals surface area (Å²) < 4.78 is 0. The molecular weight excluding hydrogens is 150 g/mol. The Kier molecular flexibility index (Phi) is 1.74. The zero-order chi connectivity index (χ0) is 7.56. The molecule has 0 aliphatic rings. The van der Waals surface area contributed by atoms with Crippen LogP contribution in [-0.2, 0) is 0 Å². The van der Waals surface area contributed by atoms with Crippen molar-refractivity contribution in [3.63, 3.8) is 0 Å². The first-order chi connectivity index (χ1) is 4.74. The SMILES string of the molecule is N#Cc1cnc(N)cc1Cl. The molecule has 1 aromatic heterocycles. The molecule has 0 radical (unpaired) electrons. The number of nitrogens with zero attached hydrogens (tertiary/aromatic N) is 2. The summed E-state index contributed by atoms with van der Waals surface area (Å²) in [6.07, 6.45) is 1.34. The Labute approximate surface area is 63.1 Å². The van der Waals surface area contributed by atoms with Crippen LogP contribution in [0.2, 0.25) is 5.02 Å². The lowest BCUT2D eigenvalue weighted by Crippen LogP contribution is -1.89. The predicted molar refractivity (Wildman–Crippen MR) is 38.4 cm³/mol. The van der Waals surface area contributed by atoms with E-state index in [2.05, 4.69) is 4.98 Å². The van der Waals surface area contributed by atoms with Crippen LogP contribution in [0.3, 0.4) is 0 Å². The number of hydrogen-bond donors (Lipinski definition) is 1. The molecule has 0 unspecified atom stereocenters. The van der Waals surface area contributed by atoms with Crippen molar-refractivity contribution in [1.29, 1.82) is 5.26 Å². The first kappa shape index (κ1) is 6.84. The van der Waals surface area contributed by atoms with Gasteiger partial charge in [0.1, 0.15) is 11.9 Å². The van der Waals surface area contributed by atoms with Crippen LogP contribution in [0, 0.1) is 11.3 Å². The van der Waals surface area contributed by atoms with Crippen molar-refractivity contribution in [1.82, 2.24) is 4.98 Å². The second-order valence-electron chi connectivity index (χ2n) is 1.70. The Morgan fingerprint density at radius 1 is 1.70 bits per heavy atom. The van der Waals surface area contributed by atoms with Crippen LogP contribution < -0.4 is 5.73 Å². The van der Waals surface area contributed by atoms with Gasteiger partial charge in [-0.1, -0.05) is 11.6 Å².